The highest BCUT2D eigenvalue weighted by Gasteiger charge is 2.05. The van der Waals surface area contributed by atoms with Crippen molar-refractivity contribution in [2.45, 2.75) is 13.3 Å². The number of thioether (sulfide) groups is 1. The predicted octanol–water partition coefficient (Wildman–Crippen LogP) is 1.81. The van der Waals surface area contributed by atoms with Crippen molar-refractivity contribution in [1.29, 1.82) is 0 Å². The number of carbonyl (C=O) groups is 1. The fraction of sp³-hybridized carbons (Fsp3) is 0.583. The van der Waals surface area contributed by atoms with Crippen molar-refractivity contribution in [3.8, 4) is 0 Å². The van der Waals surface area contributed by atoms with E-state index in [1.165, 1.54) is 0 Å². The van der Waals surface area contributed by atoms with Gasteiger partial charge in [-0.25, -0.2) is 9.78 Å². The number of anilines is 2. The van der Waals surface area contributed by atoms with Crippen LogP contribution in [-0.4, -0.2) is 48.1 Å². The van der Waals surface area contributed by atoms with E-state index in [1.54, 1.807) is 12.3 Å². The highest BCUT2D eigenvalue weighted by molar-refractivity contribution is 7.99. The van der Waals surface area contributed by atoms with Gasteiger partial charge in [0.15, 0.2) is 0 Å². The highest BCUT2D eigenvalue weighted by atomic mass is 32.2. The molecule has 0 saturated carbocycles. The summed E-state index contributed by atoms with van der Waals surface area (Å²) in [6.07, 6.45) is 2.58. The molecular weight excluding hydrogens is 262 g/mol. The van der Waals surface area contributed by atoms with Crippen LogP contribution < -0.4 is 15.5 Å². The van der Waals surface area contributed by atoms with E-state index < -0.39 is 0 Å². The quantitative estimate of drug-likeness (QED) is 0.747. The minimum Gasteiger partial charge on any atom is -0.363 e. The summed E-state index contributed by atoms with van der Waals surface area (Å²) in [6.45, 7) is 2.78. The van der Waals surface area contributed by atoms with Gasteiger partial charge in [-0.2, -0.15) is 16.7 Å². The maximum atomic E-state index is 11.6. The van der Waals surface area contributed by atoms with E-state index >= 15 is 0 Å². The summed E-state index contributed by atoms with van der Waals surface area (Å²) in [7, 11) is 3.77. The molecule has 106 valence electrons. The zero-order valence-electron chi connectivity index (χ0n) is 11.6. The summed E-state index contributed by atoms with van der Waals surface area (Å²) in [5, 5.41) is 5.40. The Bertz CT molecular complexity index is 399. The Hall–Kier alpha value is -1.50. The molecule has 0 fully saturated rings. The Balaban J connectivity index is 2.33. The molecule has 0 unspecified atom stereocenters. The molecule has 0 aliphatic carbocycles. The van der Waals surface area contributed by atoms with Crippen LogP contribution in [0.4, 0.5) is 16.6 Å². The molecule has 6 nitrogen and oxygen atoms in total. The summed E-state index contributed by atoms with van der Waals surface area (Å²) < 4.78 is 0. The van der Waals surface area contributed by atoms with E-state index in [0.29, 0.717) is 12.5 Å². The Morgan fingerprint density at radius 3 is 2.95 bits per heavy atom. The molecule has 0 aliphatic rings. The second-order valence-electron chi connectivity index (χ2n) is 4.06. The number of hydrogen-bond donors (Lipinski definition) is 2. The molecule has 2 amide bonds. The first-order chi connectivity index (χ1) is 9.13. The van der Waals surface area contributed by atoms with Crippen LogP contribution in [0.1, 0.15) is 13.3 Å². The standard InChI is InChI=1S/C12H21N5OS/c1-4-19-9-5-7-14-12(18)16-11-13-8-6-10(15-11)17(2)3/h6,8H,4-5,7,9H2,1-3H3,(H2,13,14,15,16,18). The van der Waals surface area contributed by atoms with E-state index in [0.717, 1.165) is 23.7 Å². The lowest BCUT2D eigenvalue weighted by Gasteiger charge is -2.12. The fourth-order valence-corrected chi connectivity index (χ4v) is 1.96. The van der Waals surface area contributed by atoms with E-state index in [1.807, 2.05) is 30.8 Å². The number of hydrogen-bond acceptors (Lipinski definition) is 5. The zero-order chi connectivity index (χ0) is 14.1. The molecule has 7 heteroatoms. The Kier molecular flexibility index (Phi) is 7.02. The van der Waals surface area contributed by atoms with Gasteiger partial charge in [-0.1, -0.05) is 6.92 Å². The van der Waals surface area contributed by atoms with E-state index in [4.69, 9.17) is 0 Å². The maximum absolute atomic E-state index is 11.6. The van der Waals surface area contributed by atoms with Crippen LogP contribution in [-0.2, 0) is 0 Å². The molecule has 0 aliphatic heterocycles. The van der Waals surface area contributed by atoms with Crippen molar-refractivity contribution in [2.24, 2.45) is 0 Å². The SMILES string of the molecule is CCSCCCNC(=O)Nc1nccc(N(C)C)n1. The number of nitrogens with zero attached hydrogens (tertiary/aromatic N) is 3. The number of aromatic nitrogens is 2. The van der Waals surface area contributed by atoms with Crippen LogP contribution in [0.3, 0.4) is 0 Å². The number of urea groups is 1. The van der Waals surface area contributed by atoms with Crippen molar-refractivity contribution in [3.63, 3.8) is 0 Å². The van der Waals surface area contributed by atoms with Gasteiger partial charge in [-0.3, -0.25) is 5.32 Å². The molecule has 1 rings (SSSR count). The van der Waals surface area contributed by atoms with E-state index in [-0.39, 0.29) is 6.03 Å². The average Bonchev–Trinajstić information content (AvgIpc) is 2.38. The van der Waals surface area contributed by atoms with Crippen LogP contribution in [0.25, 0.3) is 0 Å². The van der Waals surface area contributed by atoms with Crippen LogP contribution >= 0.6 is 11.8 Å². The molecule has 0 saturated heterocycles. The Labute approximate surface area is 118 Å². The minimum absolute atomic E-state index is 0.266. The molecule has 1 aromatic heterocycles. The molecule has 0 radical (unpaired) electrons. The molecule has 19 heavy (non-hydrogen) atoms. The van der Waals surface area contributed by atoms with Gasteiger partial charge in [-0.15, -0.1) is 0 Å². The van der Waals surface area contributed by atoms with Gasteiger partial charge in [0, 0.05) is 26.8 Å². The summed E-state index contributed by atoms with van der Waals surface area (Å²) in [5.74, 6) is 3.23. The van der Waals surface area contributed by atoms with Gasteiger partial charge in [-0.05, 0) is 24.0 Å². The predicted molar refractivity (Wildman–Crippen MR) is 81.0 cm³/mol. The second-order valence-corrected chi connectivity index (χ2v) is 5.46. The summed E-state index contributed by atoms with van der Waals surface area (Å²) >= 11 is 1.87. The first-order valence-corrected chi connectivity index (χ1v) is 7.42. The Morgan fingerprint density at radius 2 is 2.26 bits per heavy atom. The number of amides is 2. The molecule has 1 aromatic rings. The maximum Gasteiger partial charge on any atom is 0.321 e. The summed E-state index contributed by atoms with van der Waals surface area (Å²) in [6, 6.07) is 1.52. The molecular formula is C12H21N5OS. The van der Waals surface area contributed by atoms with Gasteiger partial charge in [0.2, 0.25) is 5.95 Å². The van der Waals surface area contributed by atoms with Gasteiger partial charge in [0.25, 0.3) is 0 Å². The smallest absolute Gasteiger partial charge is 0.321 e. The first-order valence-electron chi connectivity index (χ1n) is 6.26. The number of nitrogens with one attached hydrogen (secondary N) is 2. The van der Waals surface area contributed by atoms with Crippen LogP contribution in [0, 0.1) is 0 Å². The van der Waals surface area contributed by atoms with Crippen molar-refractivity contribution in [1.82, 2.24) is 15.3 Å². The van der Waals surface area contributed by atoms with Crippen molar-refractivity contribution in [3.05, 3.63) is 12.3 Å². The van der Waals surface area contributed by atoms with E-state index in [9.17, 15) is 4.79 Å². The molecule has 1 heterocycles. The van der Waals surface area contributed by atoms with E-state index in [2.05, 4.69) is 27.5 Å². The summed E-state index contributed by atoms with van der Waals surface area (Å²) in [5.41, 5.74) is 0. The Morgan fingerprint density at radius 1 is 1.47 bits per heavy atom. The van der Waals surface area contributed by atoms with Gasteiger partial charge in [0.05, 0.1) is 0 Å². The normalized spacial score (nSPS) is 10.1. The molecule has 0 bridgehead atoms. The van der Waals surface area contributed by atoms with Gasteiger partial charge >= 0.3 is 6.03 Å². The lowest BCUT2D eigenvalue weighted by Crippen LogP contribution is -2.30. The first kappa shape index (κ1) is 15.6. The highest BCUT2D eigenvalue weighted by Crippen LogP contribution is 2.08. The van der Waals surface area contributed by atoms with Crippen LogP contribution in [0.5, 0.6) is 0 Å². The molecule has 0 atom stereocenters. The monoisotopic (exact) mass is 283 g/mol. The summed E-state index contributed by atoms with van der Waals surface area (Å²) in [4.78, 5) is 21.7. The number of rotatable bonds is 7. The topological polar surface area (TPSA) is 70.2 Å². The van der Waals surface area contributed by atoms with Crippen LogP contribution in [0.15, 0.2) is 12.3 Å². The lowest BCUT2D eigenvalue weighted by atomic mass is 10.5. The van der Waals surface area contributed by atoms with Gasteiger partial charge in [0.1, 0.15) is 5.82 Å². The average molecular weight is 283 g/mol. The lowest BCUT2D eigenvalue weighted by molar-refractivity contribution is 0.252. The van der Waals surface area contributed by atoms with Gasteiger partial charge < -0.3 is 10.2 Å². The number of carbonyl (C=O) groups excluding carboxylic acids is 1. The molecule has 2 N–H and O–H groups in total. The largest absolute Gasteiger partial charge is 0.363 e. The van der Waals surface area contributed by atoms with Crippen molar-refractivity contribution >= 4 is 29.6 Å². The third-order valence-electron chi connectivity index (χ3n) is 2.28. The minimum atomic E-state index is -0.266. The van der Waals surface area contributed by atoms with Crippen molar-refractivity contribution in [2.75, 3.05) is 42.4 Å². The molecule has 0 aromatic carbocycles. The van der Waals surface area contributed by atoms with Crippen molar-refractivity contribution < 1.29 is 4.79 Å². The fourth-order valence-electron chi connectivity index (χ4n) is 1.32. The second kappa shape index (κ2) is 8.58. The molecule has 0 spiro atoms. The zero-order valence-corrected chi connectivity index (χ0v) is 12.5. The van der Waals surface area contributed by atoms with Crippen LogP contribution in [0.2, 0.25) is 0 Å². The third kappa shape index (κ3) is 6.28. The third-order valence-corrected chi connectivity index (χ3v) is 3.27.